The molecule has 5 aromatic rings. The van der Waals surface area contributed by atoms with Gasteiger partial charge in [0.25, 0.3) is 0 Å². The number of allylic oxidation sites excluding steroid dienone is 3. The number of hydrogen-bond acceptors (Lipinski definition) is 8. The van der Waals surface area contributed by atoms with E-state index in [2.05, 4.69) is 9.97 Å². The topological polar surface area (TPSA) is 166 Å². The zero-order valence-electron chi connectivity index (χ0n) is 25.9. The highest BCUT2D eigenvalue weighted by atomic mass is 16.1. The molecule has 2 aliphatic rings. The molecule has 9 nitrogen and oxygen atoms in total. The van der Waals surface area contributed by atoms with Crippen molar-refractivity contribution in [2.75, 3.05) is 11.5 Å². The third-order valence-corrected chi connectivity index (χ3v) is 7.69. The second kappa shape index (κ2) is 13.8. The van der Waals surface area contributed by atoms with Crippen LogP contribution in [0, 0.1) is 0 Å². The fourth-order valence-corrected chi connectivity index (χ4v) is 5.40. The third kappa shape index (κ3) is 6.06. The van der Waals surface area contributed by atoms with E-state index in [1.54, 1.807) is 66.7 Å². The van der Waals surface area contributed by atoms with Crippen molar-refractivity contribution in [3.63, 3.8) is 0 Å². The minimum absolute atomic E-state index is 0.120. The van der Waals surface area contributed by atoms with E-state index in [1.807, 2.05) is 38.1 Å². The monoisotopic (exact) mass is 624 g/mol. The van der Waals surface area contributed by atoms with Gasteiger partial charge in [0.2, 0.25) is 0 Å². The molecule has 0 atom stereocenters. The molecular weight excluding hydrogens is 592 g/mol. The van der Waals surface area contributed by atoms with Crippen molar-refractivity contribution in [2.45, 2.75) is 26.7 Å². The highest BCUT2D eigenvalue weighted by molar-refractivity contribution is 6.32. The van der Waals surface area contributed by atoms with Gasteiger partial charge in [0.15, 0.2) is 23.1 Å². The van der Waals surface area contributed by atoms with Crippen LogP contribution in [0.3, 0.4) is 0 Å². The molecule has 4 aromatic carbocycles. The number of imidazole rings is 1. The lowest BCUT2D eigenvalue weighted by Crippen LogP contribution is -2.22. The number of H-pyrrole nitrogens is 1. The van der Waals surface area contributed by atoms with Gasteiger partial charge >= 0.3 is 0 Å². The molecule has 1 aromatic heterocycles. The number of aromatic nitrogens is 2. The predicted molar refractivity (Wildman–Crippen MR) is 183 cm³/mol. The lowest BCUT2D eigenvalue weighted by Gasteiger charge is -2.19. The number of rotatable bonds is 4. The van der Waals surface area contributed by atoms with Crippen LogP contribution in [0.5, 0.6) is 0 Å². The number of ketones is 4. The highest BCUT2D eigenvalue weighted by Gasteiger charge is 2.33. The van der Waals surface area contributed by atoms with E-state index in [1.165, 1.54) is 6.08 Å². The standard InChI is InChI=1S/C19H14N2O2.C14H10N2O2.C5H8O/c1-2-3-8-15-20-14-10-9-13-16(17(14)21-15)19(23)12-7-5-4-6-11(12)18(13)22;15-10-6-5-9-11(12(10)16)14(18)8-4-2-1-3-7(8)13(9)17;1-2-3-4-5-6/h3-10H,2H2,1H3,(H,20,21);1-6H,15-16H2;3-5H,2H2,1H3/b8-3+;;4-3+. The van der Waals surface area contributed by atoms with Crippen LogP contribution in [-0.4, -0.2) is 39.4 Å². The van der Waals surface area contributed by atoms with Crippen molar-refractivity contribution < 1.29 is 24.0 Å². The van der Waals surface area contributed by atoms with E-state index in [0.717, 1.165) is 24.6 Å². The maximum absolute atomic E-state index is 12.9. The third-order valence-electron chi connectivity index (χ3n) is 7.69. The number of nitrogens with one attached hydrogen (secondary N) is 1. The molecular formula is C38H32N4O5. The molecule has 0 unspecified atom stereocenters. The minimum Gasteiger partial charge on any atom is -0.397 e. The average molecular weight is 625 g/mol. The largest absolute Gasteiger partial charge is 0.397 e. The fourth-order valence-electron chi connectivity index (χ4n) is 5.40. The quantitative estimate of drug-likeness (QED) is 0.113. The number of anilines is 2. The molecule has 0 bridgehead atoms. The molecule has 0 spiro atoms. The predicted octanol–water partition coefficient (Wildman–Crippen LogP) is 6.54. The number of aldehydes is 1. The summed E-state index contributed by atoms with van der Waals surface area (Å²) >= 11 is 0. The molecule has 234 valence electrons. The lowest BCUT2D eigenvalue weighted by molar-refractivity contribution is -0.104. The van der Waals surface area contributed by atoms with Crippen LogP contribution in [0.1, 0.15) is 96.2 Å². The molecule has 0 radical (unpaired) electrons. The van der Waals surface area contributed by atoms with Crippen LogP contribution in [0.15, 0.2) is 91.0 Å². The summed E-state index contributed by atoms with van der Waals surface area (Å²) in [5.74, 6) is -0.00433. The molecule has 7 rings (SSSR count). The number of carbonyl (C=O) groups excluding carboxylic acids is 5. The van der Waals surface area contributed by atoms with Crippen LogP contribution in [0.4, 0.5) is 11.4 Å². The van der Waals surface area contributed by atoms with Gasteiger partial charge in [-0.1, -0.05) is 74.5 Å². The first-order valence-electron chi connectivity index (χ1n) is 15.1. The van der Waals surface area contributed by atoms with Gasteiger partial charge in [0, 0.05) is 33.4 Å². The second-order valence-corrected chi connectivity index (χ2v) is 10.7. The van der Waals surface area contributed by atoms with E-state index in [4.69, 9.17) is 11.5 Å². The highest BCUT2D eigenvalue weighted by Crippen LogP contribution is 2.34. The average Bonchev–Trinajstić information content (AvgIpc) is 3.52. The summed E-state index contributed by atoms with van der Waals surface area (Å²) in [5, 5.41) is 0. The Morgan fingerprint density at radius 1 is 0.638 bits per heavy atom. The van der Waals surface area contributed by atoms with Gasteiger partial charge in [-0.25, -0.2) is 4.98 Å². The number of hydrogen-bond donors (Lipinski definition) is 3. The smallest absolute Gasteiger partial charge is 0.196 e. The van der Waals surface area contributed by atoms with Crippen LogP contribution >= 0.6 is 0 Å². The maximum atomic E-state index is 12.9. The first kappa shape index (κ1) is 32.2. The molecule has 5 N–H and O–H groups in total. The first-order chi connectivity index (χ1) is 22.7. The maximum Gasteiger partial charge on any atom is 0.196 e. The van der Waals surface area contributed by atoms with E-state index >= 15 is 0 Å². The van der Waals surface area contributed by atoms with Crippen molar-refractivity contribution in [3.05, 3.63) is 141 Å². The van der Waals surface area contributed by atoms with Crippen molar-refractivity contribution in [1.82, 2.24) is 9.97 Å². The molecule has 0 amide bonds. The Bertz CT molecular complexity index is 2140. The number of carbonyl (C=O) groups is 5. The minimum atomic E-state index is -0.245. The summed E-state index contributed by atoms with van der Waals surface area (Å²) in [6.07, 6.45) is 9.82. The molecule has 2 aliphatic carbocycles. The van der Waals surface area contributed by atoms with Crippen molar-refractivity contribution in [1.29, 1.82) is 0 Å². The van der Waals surface area contributed by atoms with Crippen molar-refractivity contribution >= 4 is 57.9 Å². The number of nitrogens with zero attached hydrogens (tertiary/aromatic N) is 1. The molecule has 0 saturated heterocycles. The summed E-state index contributed by atoms with van der Waals surface area (Å²) < 4.78 is 0. The number of nitrogen functional groups attached to an aromatic ring is 2. The lowest BCUT2D eigenvalue weighted by atomic mass is 9.83. The Morgan fingerprint density at radius 2 is 1.15 bits per heavy atom. The normalized spacial score (nSPS) is 12.9. The Labute approximate surface area is 271 Å². The molecule has 0 aliphatic heterocycles. The Morgan fingerprint density at radius 3 is 1.68 bits per heavy atom. The van der Waals surface area contributed by atoms with Gasteiger partial charge in [0.05, 0.1) is 28.0 Å². The van der Waals surface area contributed by atoms with Crippen LogP contribution < -0.4 is 11.5 Å². The van der Waals surface area contributed by atoms with E-state index in [0.29, 0.717) is 56.0 Å². The van der Waals surface area contributed by atoms with Gasteiger partial charge in [-0.05, 0) is 49.3 Å². The van der Waals surface area contributed by atoms with Crippen LogP contribution in [0.25, 0.3) is 17.1 Å². The number of aromatic amines is 1. The van der Waals surface area contributed by atoms with E-state index in [-0.39, 0.29) is 34.4 Å². The SMILES string of the molecule is CC/C=C/C=O.CC/C=C/c1nc2c3c(ccc2[nH]1)C(=O)c1ccccc1C3=O.Nc1ccc2c(c1N)C(=O)c1ccccc1C2=O. The van der Waals surface area contributed by atoms with Gasteiger partial charge in [0.1, 0.15) is 17.6 Å². The number of nitrogens with two attached hydrogens (primary N) is 2. The molecule has 0 saturated carbocycles. The fraction of sp³-hybridized carbons (Fsp3) is 0.105. The number of benzene rings is 4. The van der Waals surface area contributed by atoms with Gasteiger partial charge in [-0.3, -0.25) is 24.0 Å². The van der Waals surface area contributed by atoms with Gasteiger partial charge in [-0.2, -0.15) is 0 Å². The van der Waals surface area contributed by atoms with E-state index in [9.17, 15) is 24.0 Å². The summed E-state index contributed by atoms with van der Waals surface area (Å²) in [7, 11) is 0. The van der Waals surface area contributed by atoms with E-state index < -0.39 is 0 Å². The summed E-state index contributed by atoms with van der Waals surface area (Å²) in [4.78, 5) is 67.3. The molecule has 47 heavy (non-hydrogen) atoms. The molecule has 0 fully saturated rings. The van der Waals surface area contributed by atoms with Crippen molar-refractivity contribution in [2.24, 2.45) is 0 Å². The number of fused-ring (bicyclic) bond motifs is 6. The Balaban J connectivity index is 0.000000161. The zero-order valence-corrected chi connectivity index (χ0v) is 25.9. The zero-order chi connectivity index (χ0) is 33.7. The summed E-state index contributed by atoms with van der Waals surface area (Å²) in [6, 6.07) is 20.3. The molecule has 1 heterocycles. The Hall–Kier alpha value is -6.22. The van der Waals surface area contributed by atoms with Crippen LogP contribution in [0.2, 0.25) is 0 Å². The van der Waals surface area contributed by atoms with Crippen molar-refractivity contribution in [3.8, 4) is 0 Å². The summed E-state index contributed by atoms with van der Waals surface area (Å²) in [5.41, 5.74) is 16.4. The van der Waals surface area contributed by atoms with Gasteiger partial charge in [-0.15, -0.1) is 0 Å². The summed E-state index contributed by atoms with van der Waals surface area (Å²) in [6.45, 7) is 4.03. The molecule has 9 heteroatoms. The van der Waals surface area contributed by atoms with Crippen LogP contribution in [-0.2, 0) is 4.79 Å². The first-order valence-corrected chi connectivity index (χ1v) is 15.1. The van der Waals surface area contributed by atoms with Gasteiger partial charge < -0.3 is 16.5 Å². The second-order valence-electron chi connectivity index (χ2n) is 10.7. The Kier molecular flexibility index (Phi) is 9.47.